The van der Waals surface area contributed by atoms with Crippen molar-refractivity contribution < 1.29 is 17.9 Å². The van der Waals surface area contributed by atoms with Crippen LogP contribution in [0.4, 0.5) is 5.13 Å². The lowest BCUT2D eigenvalue weighted by molar-refractivity contribution is -0.119. The van der Waals surface area contributed by atoms with E-state index in [0.29, 0.717) is 40.1 Å². The van der Waals surface area contributed by atoms with Crippen LogP contribution in [-0.2, 0) is 14.8 Å². The lowest BCUT2D eigenvalue weighted by Gasteiger charge is -2.22. The minimum Gasteiger partial charge on any atom is -0.494 e. The summed E-state index contributed by atoms with van der Waals surface area (Å²) in [5.74, 6) is 0.232. The number of thiazole rings is 1. The van der Waals surface area contributed by atoms with Crippen molar-refractivity contribution in [3.05, 3.63) is 34.7 Å². The highest BCUT2D eigenvalue weighted by Crippen LogP contribution is 2.34. The van der Waals surface area contributed by atoms with Crippen molar-refractivity contribution >= 4 is 65.6 Å². The minimum atomic E-state index is -3.77. The Morgan fingerprint density at radius 3 is 2.86 bits per heavy atom. The van der Waals surface area contributed by atoms with Gasteiger partial charge < -0.3 is 10.1 Å². The third-order valence-electron chi connectivity index (χ3n) is 4.45. The van der Waals surface area contributed by atoms with Gasteiger partial charge in [-0.15, -0.1) is 11.3 Å². The minimum absolute atomic E-state index is 0.141. The number of halogens is 1. The van der Waals surface area contributed by atoms with Crippen LogP contribution < -0.4 is 10.1 Å². The number of methoxy groups -OCH3 is 1. The first-order valence-corrected chi connectivity index (χ1v) is 11.9. The monoisotopic (exact) mass is 457 g/mol. The van der Waals surface area contributed by atoms with Gasteiger partial charge >= 0.3 is 0 Å². The summed E-state index contributed by atoms with van der Waals surface area (Å²) in [4.78, 5) is 17.3. The zero-order valence-electron chi connectivity index (χ0n) is 14.7. The molecule has 11 heteroatoms. The van der Waals surface area contributed by atoms with Crippen molar-refractivity contribution in [1.29, 1.82) is 0 Å². The molecule has 1 aliphatic heterocycles. The van der Waals surface area contributed by atoms with Gasteiger partial charge in [0.15, 0.2) is 5.13 Å². The average Bonchev–Trinajstić information content (AvgIpc) is 3.39. The number of nitrogens with zero attached hydrogens (tertiary/aromatic N) is 2. The Morgan fingerprint density at radius 1 is 1.32 bits per heavy atom. The van der Waals surface area contributed by atoms with Crippen molar-refractivity contribution in [3.8, 4) is 5.75 Å². The fraction of sp³-hybridized carbons (Fsp3) is 0.294. The fourth-order valence-electron chi connectivity index (χ4n) is 3.17. The number of nitrogens with one attached hydrogen (secondary N) is 1. The van der Waals surface area contributed by atoms with Crippen LogP contribution in [0.5, 0.6) is 5.75 Å². The highest BCUT2D eigenvalue weighted by molar-refractivity contribution is 7.91. The maximum atomic E-state index is 12.9. The zero-order chi connectivity index (χ0) is 19.9. The molecule has 148 valence electrons. The second-order valence-electron chi connectivity index (χ2n) is 6.15. The molecule has 3 heterocycles. The molecular formula is C17H16ClN3O4S3. The molecule has 0 spiro atoms. The van der Waals surface area contributed by atoms with Gasteiger partial charge in [-0.25, -0.2) is 13.4 Å². The first-order valence-electron chi connectivity index (χ1n) is 8.42. The van der Waals surface area contributed by atoms with Gasteiger partial charge in [0, 0.05) is 6.54 Å². The molecule has 1 aromatic carbocycles. The molecule has 0 saturated carbocycles. The number of anilines is 1. The second-order valence-corrected chi connectivity index (χ2v) is 11.0. The number of aromatic nitrogens is 1. The Morgan fingerprint density at radius 2 is 2.14 bits per heavy atom. The molecule has 4 rings (SSSR count). The Kier molecular flexibility index (Phi) is 5.32. The summed E-state index contributed by atoms with van der Waals surface area (Å²) in [5, 5.41) is 3.18. The molecule has 7 nitrogen and oxygen atoms in total. The normalized spacial score (nSPS) is 17.9. The summed E-state index contributed by atoms with van der Waals surface area (Å²) >= 11 is 8.18. The number of fused-ring (bicyclic) bond motifs is 1. The Hall–Kier alpha value is -1.72. The number of carbonyl (C=O) groups excluding carboxylic acids is 1. The van der Waals surface area contributed by atoms with E-state index < -0.39 is 16.1 Å². The number of sulfonamides is 1. The number of thiophene rings is 1. The van der Waals surface area contributed by atoms with E-state index >= 15 is 0 Å². The number of hydrogen-bond acceptors (Lipinski definition) is 7. The molecule has 1 aliphatic rings. The van der Waals surface area contributed by atoms with Crippen LogP contribution in [-0.4, -0.2) is 43.3 Å². The Balaban J connectivity index is 1.57. The van der Waals surface area contributed by atoms with Crippen molar-refractivity contribution in [2.24, 2.45) is 0 Å². The van der Waals surface area contributed by atoms with Gasteiger partial charge in [0.25, 0.3) is 10.0 Å². The number of benzene rings is 1. The van der Waals surface area contributed by atoms with E-state index in [0.717, 1.165) is 16.0 Å². The fourth-order valence-corrected chi connectivity index (χ4v) is 7.33. The molecule has 0 radical (unpaired) electrons. The molecule has 2 aromatic heterocycles. The van der Waals surface area contributed by atoms with E-state index in [4.69, 9.17) is 16.3 Å². The molecule has 1 atom stereocenters. The lowest BCUT2D eigenvalue weighted by Crippen LogP contribution is -2.42. The van der Waals surface area contributed by atoms with Crippen molar-refractivity contribution in [2.45, 2.75) is 23.1 Å². The average molecular weight is 458 g/mol. The molecule has 1 fully saturated rings. The number of ether oxygens (including phenoxy) is 1. The quantitative estimate of drug-likeness (QED) is 0.629. The van der Waals surface area contributed by atoms with Gasteiger partial charge in [-0.3, -0.25) is 4.79 Å². The number of hydrogen-bond donors (Lipinski definition) is 1. The molecular weight excluding hydrogens is 442 g/mol. The molecule has 1 N–H and O–H groups in total. The second kappa shape index (κ2) is 7.60. The van der Waals surface area contributed by atoms with E-state index in [1.807, 2.05) is 12.1 Å². The molecule has 1 saturated heterocycles. The number of carbonyl (C=O) groups is 1. The summed E-state index contributed by atoms with van der Waals surface area (Å²) in [6.07, 6.45) is 1.07. The lowest BCUT2D eigenvalue weighted by atomic mass is 10.2. The van der Waals surface area contributed by atoms with Crippen molar-refractivity contribution in [3.63, 3.8) is 0 Å². The smallest absolute Gasteiger partial charge is 0.253 e. The topological polar surface area (TPSA) is 88.6 Å². The van der Waals surface area contributed by atoms with Crippen LogP contribution in [0.1, 0.15) is 12.8 Å². The van der Waals surface area contributed by atoms with Crippen LogP contribution >= 0.6 is 34.3 Å². The highest BCUT2D eigenvalue weighted by atomic mass is 35.5. The standard InChI is InChI=1S/C17H16ClN3O4S3/c1-25-11-5-2-6-12-15(11)19-17(26-12)20-16(22)10-4-3-9-21(10)28(23,24)14-8-7-13(18)27-14/h2,5-8,10H,3-4,9H2,1H3,(H,19,20,22)/t10-/m0/s1. The third kappa shape index (κ3) is 3.50. The van der Waals surface area contributed by atoms with Gasteiger partial charge in [0.05, 0.1) is 16.1 Å². The molecule has 28 heavy (non-hydrogen) atoms. The molecule has 1 amide bonds. The van der Waals surface area contributed by atoms with E-state index in [1.165, 1.54) is 21.7 Å². The zero-order valence-corrected chi connectivity index (χ0v) is 17.9. The van der Waals surface area contributed by atoms with E-state index in [2.05, 4.69) is 10.3 Å². The first kappa shape index (κ1) is 19.6. The van der Waals surface area contributed by atoms with Crippen molar-refractivity contribution in [2.75, 3.05) is 19.0 Å². The molecule has 0 aliphatic carbocycles. The maximum Gasteiger partial charge on any atom is 0.253 e. The van der Waals surface area contributed by atoms with Gasteiger partial charge in [0.2, 0.25) is 5.91 Å². The summed E-state index contributed by atoms with van der Waals surface area (Å²) in [5.41, 5.74) is 0.662. The van der Waals surface area contributed by atoms with Crippen LogP contribution in [0.15, 0.2) is 34.5 Å². The van der Waals surface area contributed by atoms with E-state index in [9.17, 15) is 13.2 Å². The largest absolute Gasteiger partial charge is 0.494 e. The van der Waals surface area contributed by atoms with Crippen molar-refractivity contribution in [1.82, 2.24) is 9.29 Å². The van der Waals surface area contributed by atoms with Gasteiger partial charge in [-0.1, -0.05) is 29.0 Å². The van der Waals surface area contributed by atoms with E-state index in [-0.39, 0.29) is 10.1 Å². The first-order chi connectivity index (χ1) is 13.4. The number of amides is 1. The summed E-state index contributed by atoms with van der Waals surface area (Å²) < 4.78 is 33.8. The summed E-state index contributed by atoms with van der Waals surface area (Å²) in [6.45, 7) is 0.295. The van der Waals surface area contributed by atoms with Crippen LogP contribution in [0, 0.1) is 0 Å². The Labute approximate surface area is 175 Å². The van der Waals surface area contributed by atoms with Crippen LogP contribution in [0.25, 0.3) is 10.2 Å². The van der Waals surface area contributed by atoms with Crippen LogP contribution in [0.2, 0.25) is 4.34 Å². The SMILES string of the molecule is COc1cccc2sc(NC(=O)[C@@H]3CCCN3S(=O)(=O)c3ccc(Cl)s3)nc12. The molecule has 3 aromatic rings. The summed E-state index contributed by atoms with van der Waals surface area (Å²) in [7, 11) is -2.21. The number of para-hydroxylation sites is 1. The summed E-state index contributed by atoms with van der Waals surface area (Å²) in [6, 6.07) is 7.76. The molecule has 0 unspecified atom stereocenters. The maximum absolute atomic E-state index is 12.9. The predicted molar refractivity (Wildman–Crippen MR) is 111 cm³/mol. The van der Waals surface area contributed by atoms with Crippen LogP contribution in [0.3, 0.4) is 0 Å². The van der Waals surface area contributed by atoms with Gasteiger partial charge in [-0.2, -0.15) is 4.31 Å². The van der Waals surface area contributed by atoms with E-state index in [1.54, 1.807) is 19.2 Å². The van der Waals surface area contributed by atoms with Gasteiger partial charge in [-0.05, 0) is 37.1 Å². The predicted octanol–water partition coefficient (Wildman–Crippen LogP) is 3.81. The highest BCUT2D eigenvalue weighted by Gasteiger charge is 2.40. The Bertz CT molecular complexity index is 1140. The van der Waals surface area contributed by atoms with Gasteiger partial charge in [0.1, 0.15) is 21.5 Å². The molecule has 0 bridgehead atoms. The third-order valence-corrected chi connectivity index (χ3v) is 8.99. The number of rotatable bonds is 5.